The third kappa shape index (κ3) is 4.40. The second-order valence-electron chi connectivity index (χ2n) is 7.61. The van der Waals surface area contributed by atoms with E-state index in [4.69, 9.17) is 4.74 Å². The molecule has 0 radical (unpaired) electrons. The lowest BCUT2D eigenvalue weighted by Gasteiger charge is -2.27. The molecule has 0 saturated heterocycles. The van der Waals surface area contributed by atoms with Crippen molar-refractivity contribution in [3.8, 4) is 0 Å². The minimum atomic E-state index is -1.11. The number of fused-ring (bicyclic) bond motifs is 1. The van der Waals surface area contributed by atoms with Gasteiger partial charge in [-0.25, -0.2) is 4.79 Å². The maximum atomic E-state index is 12.9. The van der Waals surface area contributed by atoms with E-state index in [1.165, 1.54) is 6.92 Å². The summed E-state index contributed by atoms with van der Waals surface area (Å²) in [6.07, 6.45) is -0.861. The van der Waals surface area contributed by atoms with Crippen molar-refractivity contribution in [1.29, 1.82) is 0 Å². The van der Waals surface area contributed by atoms with Crippen LogP contribution in [0.2, 0.25) is 0 Å². The van der Waals surface area contributed by atoms with Crippen LogP contribution >= 0.6 is 0 Å². The van der Waals surface area contributed by atoms with Crippen molar-refractivity contribution in [2.24, 2.45) is 5.92 Å². The van der Waals surface area contributed by atoms with E-state index in [1.807, 2.05) is 19.9 Å². The average molecular weight is 408 g/mol. The molecule has 0 bridgehead atoms. The van der Waals surface area contributed by atoms with Gasteiger partial charge in [-0.1, -0.05) is 44.2 Å². The largest absolute Gasteiger partial charge is 0.451 e. The van der Waals surface area contributed by atoms with Gasteiger partial charge in [0.05, 0.1) is 11.1 Å². The Balaban J connectivity index is 1.76. The summed E-state index contributed by atoms with van der Waals surface area (Å²) in [5.74, 6) is -2.33. The first kappa shape index (κ1) is 21.2. The third-order valence-corrected chi connectivity index (χ3v) is 4.81. The van der Waals surface area contributed by atoms with Gasteiger partial charge in [-0.3, -0.25) is 19.3 Å². The number of anilines is 1. The smallest absolute Gasteiger partial charge is 0.330 e. The Labute approximate surface area is 175 Å². The molecule has 2 aromatic carbocycles. The molecule has 0 aliphatic carbocycles. The summed E-state index contributed by atoms with van der Waals surface area (Å²) in [6.45, 7) is 5.21. The molecule has 3 rings (SSSR count). The monoisotopic (exact) mass is 408 g/mol. The number of ether oxygens (including phenoxy) is 1. The van der Waals surface area contributed by atoms with Crippen LogP contribution in [0.5, 0.6) is 0 Å². The Morgan fingerprint density at radius 2 is 1.43 bits per heavy atom. The van der Waals surface area contributed by atoms with E-state index in [0.29, 0.717) is 5.69 Å². The van der Waals surface area contributed by atoms with Gasteiger partial charge in [-0.2, -0.15) is 0 Å². The Hall–Kier alpha value is -3.48. The molecule has 0 spiro atoms. The van der Waals surface area contributed by atoms with Gasteiger partial charge in [-0.05, 0) is 43.5 Å². The molecule has 30 heavy (non-hydrogen) atoms. The van der Waals surface area contributed by atoms with E-state index in [0.717, 1.165) is 4.90 Å². The molecular formula is C23H24N2O5. The van der Waals surface area contributed by atoms with Gasteiger partial charge in [-0.15, -0.1) is 0 Å². The lowest BCUT2D eigenvalue weighted by molar-refractivity contribution is -0.157. The molecular weight excluding hydrogens is 384 g/mol. The Morgan fingerprint density at radius 3 is 1.97 bits per heavy atom. The highest BCUT2D eigenvalue weighted by Crippen LogP contribution is 2.27. The van der Waals surface area contributed by atoms with Crippen molar-refractivity contribution in [2.75, 3.05) is 5.32 Å². The summed E-state index contributed by atoms with van der Waals surface area (Å²) in [5, 5.41) is 2.66. The van der Waals surface area contributed by atoms with Crippen molar-refractivity contribution in [1.82, 2.24) is 4.90 Å². The molecule has 7 heteroatoms. The zero-order chi connectivity index (χ0) is 21.8. The highest BCUT2D eigenvalue weighted by Gasteiger charge is 2.44. The number of imide groups is 1. The Kier molecular flexibility index (Phi) is 6.30. The summed E-state index contributed by atoms with van der Waals surface area (Å²) < 4.78 is 5.36. The van der Waals surface area contributed by atoms with Crippen molar-refractivity contribution in [3.63, 3.8) is 0 Å². The fourth-order valence-corrected chi connectivity index (χ4v) is 3.32. The predicted molar refractivity (Wildman–Crippen MR) is 111 cm³/mol. The Bertz CT molecular complexity index is 936. The molecule has 0 fully saturated rings. The standard InChI is InChI=1S/C23H24N2O5/c1-14(2)13-19(25-21(27)17-11-7-8-12-18(17)22(25)28)23(29)30-15(3)20(26)24-16-9-5-4-6-10-16/h4-12,14-15,19H,13H2,1-3H3,(H,24,26)/t15-,19-/m1/s1. The van der Waals surface area contributed by atoms with E-state index < -0.39 is 35.8 Å². The first-order valence-electron chi connectivity index (χ1n) is 9.83. The fourth-order valence-electron chi connectivity index (χ4n) is 3.32. The number of nitrogens with zero attached hydrogens (tertiary/aromatic N) is 1. The molecule has 1 heterocycles. The summed E-state index contributed by atoms with van der Waals surface area (Å²) >= 11 is 0. The molecule has 2 atom stereocenters. The number of rotatable bonds is 7. The van der Waals surface area contributed by atoms with E-state index >= 15 is 0 Å². The molecule has 2 aromatic rings. The van der Waals surface area contributed by atoms with Crippen molar-refractivity contribution < 1.29 is 23.9 Å². The molecule has 7 nitrogen and oxygen atoms in total. The lowest BCUT2D eigenvalue weighted by atomic mass is 10.0. The number of amides is 3. The number of benzene rings is 2. The number of para-hydroxylation sites is 1. The van der Waals surface area contributed by atoms with Crippen LogP contribution in [0.3, 0.4) is 0 Å². The van der Waals surface area contributed by atoms with Crippen LogP contribution in [-0.2, 0) is 14.3 Å². The second-order valence-corrected chi connectivity index (χ2v) is 7.61. The number of carbonyl (C=O) groups excluding carboxylic acids is 4. The first-order valence-corrected chi connectivity index (χ1v) is 9.83. The zero-order valence-electron chi connectivity index (χ0n) is 17.1. The highest BCUT2D eigenvalue weighted by atomic mass is 16.5. The van der Waals surface area contributed by atoms with Gasteiger partial charge in [0.25, 0.3) is 17.7 Å². The number of nitrogens with one attached hydrogen (secondary N) is 1. The fraction of sp³-hybridized carbons (Fsp3) is 0.304. The number of carbonyl (C=O) groups is 4. The van der Waals surface area contributed by atoms with Crippen LogP contribution in [0, 0.1) is 5.92 Å². The second kappa shape index (κ2) is 8.90. The normalized spacial score (nSPS) is 15.0. The lowest BCUT2D eigenvalue weighted by Crippen LogP contribution is -2.48. The summed E-state index contributed by atoms with van der Waals surface area (Å²) in [4.78, 5) is 51.9. The molecule has 1 aliphatic heterocycles. The quantitative estimate of drug-likeness (QED) is 0.561. The van der Waals surface area contributed by atoms with Crippen molar-refractivity contribution in [2.45, 2.75) is 39.3 Å². The van der Waals surface area contributed by atoms with Crippen LogP contribution in [0.15, 0.2) is 54.6 Å². The minimum absolute atomic E-state index is 0.0142. The SMILES string of the molecule is CC(C)C[C@H](C(=O)O[C@H](C)C(=O)Nc1ccccc1)N1C(=O)c2ccccc2C1=O. The third-order valence-electron chi connectivity index (χ3n) is 4.81. The van der Waals surface area contributed by atoms with Gasteiger partial charge < -0.3 is 10.1 Å². The van der Waals surface area contributed by atoms with Crippen LogP contribution in [0.1, 0.15) is 47.9 Å². The van der Waals surface area contributed by atoms with Gasteiger partial charge in [0.2, 0.25) is 0 Å². The number of hydrogen-bond donors (Lipinski definition) is 1. The molecule has 3 amide bonds. The Morgan fingerprint density at radius 1 is 0.900 bits per heavy atom. The summed E-state index contributed by atoms with van der Waals surface area (Å²) in [7, 11) is 0. The molecule has 1 aliphatic rings. The van der Waals surface area contributed by atoms with Crippen molar-refractivity contribution in [3.05, 3.63) is 65.7 Å². The summed E-state index contributed by atoms with van der Waals surface area (Å²) in [6, 6.07) is 14.1. The molecule has 0 unspecified atom stereocenters. The topological polar surface area (TPSA) is 92.8 Å². The highest BCUT2D eigenvalue weighted by molar-refractivity contribution is 6.22. The maximum absolute atomic E-state index is 12.9. The zero-order valence-corrected chi connectivity index (χ0v) is 17.1. The van der Waals surface area contributed by atoms with E-state index in [2.05, 4.69) is 5.32 Å². The van der Waals surface area contributed by atoms with Gasteiger partial charge in [0, 0.05) is 5.69 Å². The predicted octanol–water partition coefficient (Wildman–Crippen LogP) is 3.27. The van der Waals surface area contributed by atoms with Gasteiger partial charge in [0.1, 0.15) is 6.04 Å². The van der Waals surface area contributed by atoms with Crippen LogP contribution in [0.4, 0.5) is 5.69 Å². The minimum Gasteiger partial charge on any atom is -0.451 e. The molecule has 0 aromatic heterocycles. The van der Waals surface area contributed by atoms with E-state index in [-0.39, 0.29) is 23.5 Å². The number of hydrogen-bond acceptors (Lipinski definition) is 5. The van der Waals surface area contributed by atoms with Crippen LogP contribution in [-0.4, -0.2) is 40.7 Å². The first-order chi connectivity index (χ1) is 14.3. The molecule has 1 N–H and O–H groups in total. The van der Waals surface area contributed by atoms with Crippen LogP contribution in [0.25, 0.3) is 0 Å². The molecule has 156 valence electrons. The van der Waals surface area contributed by atoms with Gasteiger partial charge >= 0.3 is 5.97 Å². The van der Waals surface area contributed by atoms with Gasteiger partial charge in [0.15, 0.2) is 6.10 Å². The van der Waals surface area contributed by atoms with Crippen molar-refractivity contribution >= 4 is 29.4 Å². The van der Waals surface area contributed by atoms with E-state index in [9.17, 15) is 19.2 Å². The van der Waals surface area contributed by atoms with Crippen LogP contribution < -0.4 is 5.32 Å². The van der Waals surface area contributed by atoms with E-state index in [1.54, 1.807) is 48.5 Å². The molecule has 0 saturated carbocycles. The number of esters is 1. The summed E-state index contributed by atoms with van der Waals surface area (Å²) in [5.41, 5.74) is 1.10. The maximum Gasteiger partial charge on any atom is 0.330 e. The average Bonchev–Trinajstić information content (AvgIpc) is 2.97.